The molecule has 1 aromatic rings. The fourth-order valence-electron chi connectivity index (χ4n) is 2.62. The molecule has 1 atom stereocenters. The molecule has 1 heterocycles. The first kappa shape index (κ1) is 15.7. The third kappa shape index (κ3) is 2.98. The van der Waals surface area contributed by atoms with Gasteiger partial charge in [0.15, 0.2) is 0 Å². The first-order chi connectivity index (χ1) is 10.4. The zero-order valence-corrected chi connectivity index (χ0v) is 13.3. The summed E-state index contributed by atoms with van der Waals surface area (Å²) in [5.41, 5.74) is 0. The standard InChI is InChI=1S/C14H16ClFN2O3S/c15-9-3-6-11(16)13(8-9)22(20,21)18-7-1-2-12(18)14(19)17-10-4-5-10/h3,6,8,10,12H,1-2,4-5,7H2,(H,17,19). The smallest absolute Gasteiger partial charge is 0.246 e. The van der Waals surface area contributed by atoms with Crippen LogP contribution < -0.4 is 5.32 Å². The molecule has 1 saturated carbocycles. The van der Waals surface area contributed by atoms with Crippen molar-refractivity contribution in [1.29, 1.82) is 0 Å². The minimum Gasteiger partial charge on any atom is -0.352 e. The Hall–Kier alpha value is -1.18. The minimum atomic E-state index is -4.09. The zero-order valence-electron chi connectivity index (χ0n) is 11.8. The Morgan fingerprint density at radius 2 is 2.05 bits per heavy atom. The molecule has 1 aromatic carbocycles. The molecule has 0 bridgehead atoms. The van der Waals surface area contributed by atoms with Gasteiger partial charge in [0, 0.05) is 17.6 Å². The number of carbonyl (C=O) groups is 1. The molecular formula is C14H16ClFN2O3S. The molecule has 120 valence electrons. The highest BCUT2D eigenvalue weighted by atomic mass is 35.5. The predicted octanol–water partition coefficient (Wildman–Crippen LogP) is 1.91. The van der Waals surface area contributed by atoms with E-state index >= 15 is 0 Å². The second-order valence-electron chi connectivity index (χ2n) is 5.63. The SMILES string of the molecule is O=C(NC1CC1)C1CCCN1S(=O)(=O)c1cc(Cl)ccc1F. The molecule has 1 aliphatic heterocycles. The number of benzene rings is 1. The number of halogens is 2. The van der Waals surface area contributed by atoms with Crippen LogP contribution in [0.1, 0.15) is 25.7 Å². The quantitative estimate of drug-likeness (QED) is 0.905. The van der Waals surface area contributed by atoms with Gasteiger partial charge in [0.05, 0.1) is 0 Å². The molecule has 1 unspecified atom stereocenters. The van der Waals surface area contributed by atoms with Crippen molar-refractivity contribution in [2.24, 2.45) is 0 Å². The number of hydrogen-bond donors (Lipinski definition) is 1. The maximum Gasteiger partial charge on any atom is 0.246 e. The molecule has 8 heteroatoms. The molecule has 1 amide bonds. The fourth-order valence-corrected chi connectivity index (χ4v) is 4.60. The van der Waals surface area contributed by atoms with E-state index in [0.717, 1.165) is 29.3 Å². The summed E-state index contributed by atoms with van der Waals surface area (Å²) in [5.74, 6) is -1.16. The molecule has 0 radical (unpaired) electrons. The molecule has 0 spiro atoms. The van der Waals surface area contributed by atoms with Crippen LogP contribution in [0.3, 0.4) is 0 Å². The second kappa shape index (κ2) is 5.79. The highest BCUT2D eigenvalue weighted by molar-refractivity contribution is 7.89. The van der Waals surface area contributed by atoms with Crippen molar-refractivity contribution in [2.75, 3.05) is 6.54 Å². The Bertz CT molecular complexity index is 706. The van der Waals surface area contributed by atoms with E-state index in [4.69, 9.17) is 11.6 Å². The Labute approximate surface area is 133 Å². The molecule has 0 aromatic heterocycles. The zero-order chi connectivity index (χ0) is 15.9. The molecule has 1 saturated heterocycles. The van der Waals surface area contributed by atoms with Crippen LogP contribution in [0.15, 0.2) is 23.1 Å². The van der Waals surface area contributed by atoms with Crippen LogP contribution in [-0.4, -0.2) is 37.3 Å². The van der Waals surface area contributed by atoms with Gasteiger partial charge in [-0.25, -0.2) is 12.8 Å². The fraction of sp³-hybridized carbons (Fsp3) is 0.500. The average Bonchev–Trinajstić information content (AvgIpc) is 3.13. The van der Waals surface area contributed by atoms with Gasteiger partial charge in [-0.3, -0.25) is 4.79 Å². The van der Waals surface area contributed by atoms with E-state index in [0.29, 0.717) is 12.8 Å². The summed E-state index contributed by atoms with van der Waals surface area (Å²) in [6.45, 7) is 0.205. The van der Waals surface area contributed by atoms with E-state index in [1.165, 1.54) is 6.07 Å². The first-order valence-corrected chi connectivity index (χ1v) is 8.98. The predicted molar refractivity (Wildman–Crippen MR) is 79.5 cm³/mol. The molecule has 22 heavy (non-hydrogen) atoms. The highest BCUT2D eigenvalue weighted by Gasteiger charge is 2.41. The number of hydrogen-bond acceptors (Lipinski definition) is 3. The van der Waals surface area contributed by atoms with Gasteiger partial charge >= 0.3 is 0 Å². The van der Waals surface area contributed by atoms with E-state index in [9.17, 15) is 17.6 Å². The lowest BCUT2D eigenvalue weighted by molar-refractivity contribution is -0.124. The van der Waals surface area contributed by atoms with E-state index in [1.807, 2.05) is 0 Å². The number of carbonyl (C=O) groups excluding carboxylic acids is 1. The molecule has 1 N–H and O–H groups in total. The molecule has 3 rings (SSSR count). The maximum absolute atomic E-state index is 13.9. The van der Waals surface area contributed by atoms with Gasteiger partial charge in [0.25, 0.3) is 0 Å². The van der Waals surface area contributed by atoms with E-state index < -0.39 is 26.8 Å². The van der Waals surface area contributed by atoms with E-state index in [2.05, 4.69) is 5.32 Å². The monoisotopic (exact) mass is 346 g/mol. The Balaban J connectivity index is 1.89. The lowest BCUT2D eigenvalue weighted by atomic mass is 10.2. The molecule has 1 aliphatic carbocycles. The van der Waals surface area contributed by atoms with Crippen molar-refractivity contribution < 1.29 is 17.6 Å². The Morgan fingerprint density at radius 1 is 1.32 bits per heavy atom. The number of nitrogens with one attached hydrogen (secondary N) is 1. The summed E-state index contributed by atoms with van der Waals surface area (Å²) in [7, 11) is -4.09. The summed E-state index contributed by atoms with van der Waals surface area (Å²) >= 11 is 5.78. The number of nitrogens with zero attached hydrogens (tertiary/aromatic N) is 1. The third-order valence-electron chi connectivity index (χ3n) is 3.91. The van der Waals surface area contributed by atoms with Crippen LogP contribution in [0.25, 0.3) is 0 Å². The van der Waals surface area contributed by atoms with E-state index in [1.54, 1.807) is 0 Å². The van der Waals surface area contributed by atoms with Gasteiger partial charge in [-0.15, -0.1) is 0 Å². The van der Waals surface area contributed by atoms with Crippen LogP contribution in [0.4, 0.5) is 4.39 Å². The maximum atomic E-state index is 13.9. The van der Waals surface area contributed by atoms with Crippen molar-refractivity contribution >= 4 is 27.5 Å². The van der Waals surface area contributed by atoms with Gasteiger partial charge in [-0.05, 0) is 43.9 Å². The largest absolute Gasteiger partial charge is 0.352 e. The van der Waals surface area contributed by atoms with Crippen molar-refractivity contribution in [3.8, 4) is 0 Å². The van der Waals surface area contributed by atoms with Crippen molar-refractivity contribution in [3.05, 3.63) is 29.0 Å². The van der Waals surface area contributed by atoms with Crippen LogP contribution in [0.2, 0.25) is 5.02 Å². The van der Waals surface area contributed by atoms with Crippen LogP contribution >= 0.6 is 11.6 Å². The van der Waals surface area contributed by atoms with Crippen LogP contribution in [0.5, 0.6) is 0 Å². The van der Waals surface area contributed by atoms with Gasteiger partial charge < -0.3 is 5.32 Å². The Morgan fingerprint density at radius 3 is 2.73 bits per heavy atom. The molecule has 5 nitrogen and oxygen atoms in total. The van der Waals surface area contributed by atoms with Crippen molar-refractivity contribution in [1.82, 2.24) is 9.62 Å². The summed E-state index contributed by atoms with van der Waals surface area (Å²) in [4.78, 5) is 11.7. The van der Waals surface area contributed by atoms with Crippen LogP contribution in [-0.2, 0) is 14.8 Å². The average molecular weight is 347 g/mol. The summed E-state index contributed by atoms with van der Waals surface area (Å²) in [5, 5.41) is 2.95. The van der Waals surface area contributed by atoms with Crippen molar-refractivity contribution in [2.45, 2.75) is 42.7 Å². The number of amides is 1. The first-order valence-electron chi connectivity index (χ1n) is 7.17. The van der Waals surface area contributed by atoms with E-state index in [-0.39, 0.29) is 23.5 Å². The second-order valence-corrected chi connectivity index (χ2v) is 7.93. The summed E-state index contributed by atoms with van der Waals surface area (Å²) in [6, 6.07) is 2.77. The van der Waals surface area contributed by atoms with Gasteiger partial charge in [-0.2, -0.15) is 4.31 Å². The topological polar surface area (TPSA) is 66.5 Å². The highest BCUT2D eigenvalue weighted by Crippen LogP contribution is 2.30. The molecule has 2 fully saturated rings. The minimum absolute atomic E-state index is 0.137. The number of rotatable bonds is 4. The molecular weight excluding hydrogens is 331 g/mol. The van der Waals surface area contributed by atoms with Crippen LogP contribution in [0, 0.1) is 5.82 Å². The normalized spacial score (nSPS) is 22.7. The van der Waals surface area contributed by atoms with Gasteiger partial charge in [0.2, 0.25) is 15.9 Å². The third-order valence-corrected chi connectivity index (χ3v) is 6.07. The summed E-state index contributed by atoms with van der Waals surface area (Å²) in [6.07, 6.45) is 2.87. The van der Waals surface area contributed by atoms with Gasteiger partial charge in [-0.1, -0.05) is 11.6 Å². The Kier molecular flexibility index (Phi) is 4.13. The van der Waals surface area contributed by atoms with Gasteiger partial charge in [0.1, 0.15) is 16.8 Å². The summed E-state index contributed by atoms with van der Waals surface area (Å²) < 4.78 is 40.3. The lowest BCUT2D eigenvalue weighted by Gasteiger charge is -2.23. The lowest BCUT2D eigenvalue weighted by Crippen LogP contribution is -2.46. The molecule has 2 aliphatic rings. The van der Waals surface area contributed by atoms with Crippen molar-refractivity contribution in [3.63, 3.8) is 0 Å². The number of sulfonamides is 1.